The van der Waals surface area contributed by atoms with Crippen LogP contribution in [0.25, 0.3) is 0 Å². The van der Waals surface area contributed by atoms with E-state index in [0.717, 1.165) is 0 Å². The molecule has 4 atom stereocenters. The molecule has 2 heterocycles. The van der Waals surface area contributed by atoms with Crippen LogP contribution in [0.15, 0.2) is 12.7 Å². The Hall–Kier alpha value is -0.933. The summed E-state index contributed by atoms with van der Waals surface area (Å²) in [6.07, 6.45) is -0.603. The minimum Gasteiger partial charge on any atom is -0.453 e. The highest BCUT2D eigenvalue weighted by atomic mass is 28.4. The molecule has 0 aliphatic carbocycles. The first-order chi connectivity index (χ1) is 11.8. The van der Waals surface area contributed by atoms with Crippen LogP contribution in [0.4, 0.5) is 4.79 Å². The van der Waals surface area contributed by atoms with Gasteiger partial charge in [0.1, 0.15) is 17.7 Å². The lowest BCUT2D eigenvalue weighted by Gasteiger charge is -2.40. The van der Waals surface area contributed by atoms with Gasteiger partial charge >= 0.3 is 6.09 Å². The average Bonchev–Trinajstić information content (AvgIpc) is 2.95. The van der Waals surface area contributed by atoms with Crippen LogP contribution in [0, 0.1) is 0 Å². The van der Waals surface area contributed by atoms with E-state index in [-0.39, 0.29) is 5.04 Å². The number of methoxy groups -OCH3 is 1. The molecule has 26 heavy (non-hydrogen) atoms. The van der Waals surface area contributed by atoms with Crippen LogP contribution < -0.4 is 5.32 Å². The number of fused-ring (bicyclic) bond motifs is 1. The summed E-state index contributed by atoms with van der Waals surface area (Å²) in [6.45, 7) is 18.7. The van der Waals surface area contributed by atoms with E-state index >= 15 is 0 Å². The summed E-state index contributed by atoms with van der Waals surface area (Å²) >= 11 is 0. The predicted octanol–water partition coefficient (Wildman–Crippen LogP) is 3.17. The summed E-state index contributed by atoms with van der Waals surface area (Å²) < 4.78 is 29.1. The van der Waals surface area contributed by atoms with E-state index in [1.54, 1.807) is 6.08 Å². The third kappa shape index (κ3) is 3.84. The number of hydrogen-bond acceptors (Lipinski definition) is 6. The zero-order valence-electron chi connectivity index (χ0n) is 17.2. The maximum atomic E-state index is 12.0. The number of amides is 1. The summed E-state index contributed by atoms with van der Waals surface area (Å²) in [4.78, 5) is 12.0. The van der Waals surface area contributed by atoms with Crippen LogP contribution in [-0.2, 0) is 23.4 Å². The molecular weight excluding hydrogens is 354 g/mol. The summed E-state index contributed by atoms with van der Waals surface area (Å²) in [5.41, 5.74) is -1.01. The molecule has 2 saturated heterocycles. The standard InChI is InChI=1S/C18H33NO6Si/c1-10-18(19-15(20)21-7)12(11-22-26(8,9)16(2,3)4)23-14-13(18)24-17(5,6)25-14/h10,12-14H,1,11H2,2-9H3,(H,19,20)/t12-,13+,14-,18+/m1/s1. The molecule has 0 bridgehead atoms. The first-order valence-electron chi connectivity index (χ1n) is 8.93. The first kappa shape index (κ1) is 21.4. The van der Waals surface area contributed by atoms with Crippen molar-refractivity contribution in [3.63, 3.8) is 0 Å². The van der Waals surface area contributed by atoms with Crippen molar-refractivity contribution in [3.05, 3.63) is 12.7 Å². The van der Waals surface area contributed by atoms with E-state index in [2.05, 4.69) is 45.8 Å². The second-order valence-electron chi connectivity index (χ2n) is 8.87. The van der Waals surface area contributed by atoms with Gasteiger partial charge in [0, 0.05) is 0 Å². The molecule has 0 aromatic carbocycles. The van der Waals surface area contributed by atoms with Gasteiger partial charge in [-0.05, 0) is 32.0 Å². The first-order valence-corrected chi connectivity index (χ1v) is 11.8. The molecular formula is C18H33NO6Si. The largest absolute Gasteiger partial charge is 0.453 e. The zero-order chi connectivity index (χ0) is 20.0. The molecule has 0 aromatic rings. The Bertz CT molecular complexity index is 558. The number of rotatable bonds is 5. The van der Waals surface area contributed by atoms with Crippen molar-refractivity contribution in [2.24, 2.45) is 0 Å². The van der Waals surface area contributed by atoms with Crippen molar-refractivity contribution in [1.82, 2.24) is 5.32 Å². The van der Waals surface area contributed by atoms with Crippen LogP contribution in [0.1, 0.15) is 34.6 Å². The maximum absolute atomic E-state index is 12.0. The van der Waals surface area contributed by atoms with Gasteiger partial charge in [0.05, 0.1) is 13.7 Å². The molecule has 0 saturated carbocycles. The predicted molar refractivity (Wildman–Crippen MR) is 100 cm³/mol. The normalized spacial score (nSPS) is 33.6. The highest BCUT2D eigenvalue weighted by Crippen LogP contribution is 2.45. The third-order valence-electron chi connectivity index (χ3n) is 5.60. The number of ether oxygens (including phenoxy) is 4. The van der Waals surface area contributed by atoms with E-state index in [9.17, 15) is 4.79 Å². The Labute approximate surface area is 157 Å². The summed E-state index contributed by atoms with van der Waals surface area (Å²) in [6, 6.07) is 0. The SMILES string of the molecule is C=C[C@]1(NC(=O)OC)[C@@H](CO[Si](C)(C)C(C)(C)C)O[C@@H]2OC(C)(C)O[C@@H]21. The molecule has 2 rings (SSSR count). The number of hydrogen-bond donors (Lipinski definition) is 1. The molecule has 1 amide bonds. The van der Waals surface area contributed by atoms with Crippen molar-refractivity contribution >= 4 is 14.4 Å². The van der Waals surface area contributed by atoms with E-state index < -0.39 is 44.2 Å². The van der Waals surface area contributed by atoms with Gasteiger partial charge < -0.3 is 28.7 Å². The summed E-state index contributed by atoms with van der Waals surface area (Å²) in [5, 5.41) is 2.91. The van der Waals surface area contributed by atoms with E-state index in [1.165, 1.54) is 7.11 Å². The van der Waals surface area contributed by atoms with Gasteiger partial charge in [-0.15, -0.1) is 6.58 Å². The second kappa shape index (κ2) is 6.90. The lowest BCUT2D eigenvalue weighted by molar-refractivity contribution is -0.213. The molecule has 0 spiro atoms. The van der Waals surface area contributed by atoms with Gasteiger partial charge in [-0.3, -0.25) is 0 Å². The van der Waals surface area contributed by atoms with Crippen LogP contribution in [-0.4, -0.2) is 58.0 Å². The lowest BCUT2D eigenvalue weighted by Crippen LogP contribution is -2.61. The molecule has 0 radical (unpaired) electrons. The van der Waals surface area contributed by atoms with Crippen LogP contribution in [0.3, 0.4) is 0 Å². The zero-order valence-corrected chi connectivity index (χ0v) is 18.2. The highest BCUT2D eigenvalue weighted by molar-refractivity contribution is 6.74. The smallest absolute Gasteiger partial charge is 0.407 e. The van der Waals surface area contributed by atoms with E-state index in [4.69, 9.17) is 23.4 Å². The maximum Gasteiger partial charge on any atom is 0.407 e. The molecule has 0 unspecified atom stereocenters. The van der Waals surface area contributed by atoms with E-state index in [0.29, 0.717) is 6.61 Å². The van der Waals surface area contributed by atoms with Crippen molar-refractivity contribution in [1.29, 1.82) is 0 Å². The molecule has 2 fully saturated rings. The van der Waals surface area contributed by atoms with Crippen molar-refractivity contribution < 1.29 is 28.2 Å². The molecule has 150 valence electrons. The van der Waals surface area contributed by atoms with E-state index in [1.807, 2.05) is 13.8 Å². The Morgan fingerprint density at radius 1 is 1.31 bits per heavy atom. The minimum absolute atomic E-state index is 0.0586. The second-order valence-corrected chi connectivity index (χ2v) is 13.7. The molecule has 2 aliphatic heterocycles. The Kier molecular flexibility index (Phi) is 5.67. The Balaban J connectivity index is 2.27. The van der Waals surface area contributed by atoms with Crippen molar-refractivity contribution in [3.8, 4) is 0 Å². The third-order valence-corrected chi connectivity index (χ3v) is 10.1. The highest BCUT2D eigenvalue weighted by Gasteiger charge is 2.63. The quantitative estimate of drug-likeness (QED) is 0.577. The van der Waals surface area contributed by atoms with Gasteiger partial charge in [0.2, 0.25) is 0 Å². The number of nitrogens with one attached hydrogen (secondary N) is 1. The molecule has 7 nitrogen and oxygen atoms in total. The number of carbonyl (C=O) groups is 1. The molecule has 8 heteroatoms. The molecule has 0 aromatic heterocycles. The van der Waals surface area contributed by atoms with Gasteiger partial charge in [-0.25, -0.2) is 4.79 Å². The summed E-state index contributed by atoms with van der Waals surface area (Å²) in [7, 11) is -0.684. The fourth-order valence-electron chi connectivity index (χ4n) is 2.97. The Morgan fingerprint density at radius 2 is 1.92 bits per heavy atom. The van der Waals surface area contributed by atoms with Gasteiger partial charge in [0.25, 0.3) is 0 Å². The fourth-order valence-corrected chi connectivity index (χ4v) is 3.97. The van der Waals surface area contributed by atoms with Gasteiger partial charge in [-0.1, -0.05) is 26.8 Å². The van der Waals surface area contributed by atoms with Crippen molar-refractivity contribution in [2.45, 2.75) is 82.6 Å². The van der Waals surface area contributed by atoms with Crippen molar-refractivity contribution in [2.75, 3.05) is 13.7 Å². The summed E-state index contributed by atoms with van der Waals surface area (Å²) in [5.74, 6) is -0.813. The molecule has 1 N–H and O–H groups in total. The Morgan fingerprint density at radius 3 is 2.42 bits per heavy atom. The number of alkyl carbamates (subject to hydrolysis) is 1. The lowest BCUT2D eigenvalue weighted by atomic mass is 9.88. The van der Waals surface area contributed by atoms with Crippen LogP contribution >= 0.6 is 0 Å². The number of carbonyl (C=O) groups excluding carboxylic acids is 1. The topological polar surface area (TPSA) is 75.3 Å². The van der Waals surface area contributed by atoms with Gasteiger partial charge in [0.15, 0.2) is 20.4 Å². The molecule has 2 aliphatic rings. The monoisotopic (exact) mass is 387 g/mol. The minimum atomic E-state index is -2.00. The fraction of sp³-hybridized carbons (Fsp3) is 0.833. The van der Waals surface area contributed by atoms with Gasteiger partial charge in [-0.2, -0.15) is 0 Å². The van der Waals surface area contributed by atoms with Crippen LogP contribution in [0.2, 0.25) is 18.1 Å². The average molecular weight is 388 g/mol. The van der Waals surface area contributed by atoms with Crippen LogP contribution in [0.5, 0.6) is 0 Å².